The zero-order valence-electron chi connectivity index (χ0n) is 9.26. The maximum atomic E-state index is 11.9. The lowest BCUT2D eigenvalue weighted by Gasteiger charge is -2.13. The van der Waals surface area contributed by atoms with Crippen molar-refractivity contribution in [3.63, 3.8) is 0 Å². The molecular formula is C9H11Cl2N3O3S. The second-order valence-electron chi connectivity index (χ2n) is 3.44. The average molecular weight is 312 g/mol. The fraction of sp³-hybridized carbons (Fsp3) is 0.222. The van der Waals surface area contributed by atoms with E-state index in [1.54, 1.807) is 0 Å². The molecule has 0 heterocycles. The van der Waals surface area contributed by atoms with Gasteiger partial charge in [-0.15, -0.1) is 0 Å². The normalized spacial score (nSPS) is 14.5. The Bertz CT molecular complexity index is 574. The number of hydrogen-bond acceptors (Lipinski definition) is 4. The van der Waals surface area contributed by atoms with Crippen LogP contribution in [0.1, 0.15) is 6.92 Å². The van der Waals surface area contributed by atoms with Gasteiger partial charge in [0.1, 0.15) is 0 Å². The van der Waals surface area contributed by atoms with Gasteiger partial charge in [0.2, 0.25) is 10.0 Å². The molecular weight excluding hydrogens is 301 g/mol. The van der Waals surface area contributed by atoms with Crippen LogP contribution in [-0.2, 0) is 10.0 Å². The third kappa shape index (κ3) is 3.49. The van der Waals surface area contributed by atoms with E-state index in [-0.39, 0.29) is 20.8 Å². The zero-order valence-corrected chi connectivity index (χ0v) is 11.6. The molecule has 0 spiro atoms. The van der Waals surface area contributed by atoms with E-state index in [0.717, 1.165) is 0 Å². The molecule has 0 aliphatic heterocycles. The van der Waals surface area contributed by atoms with Gasteiger partial charge in [-0.1, -0.05) is 28.4 Å². The Hall–Kier alpha value is -1.02. The summed E-state index contributed by atoms with van der Waals surface area (Å²) in [5.41, 5.74) is 5.28. The Balaban J connectivity index is 3.03. The number of halogens is 2. The van der Waals surface area contributed by atoms with Gasteiger partial charge in [0.05, 0.1) is 21.0 Å². The predicted molar refractivity (Wildman–Crippen MR) is 69.7 cm³/mol. The number of sulfonamides is 1. The van der Waals surface area contributed by atoms with Crippen molar-refractivity contribution in [1.29, 1.82) is 0 Å². The largest absolute Gasteiger partial charge is 0.409 e. The average Bonchev–Trinajstić information content (AvgIpc) is 2.30. The second kappa shape index (κ2) is 5.75. The highest BCUT2D eigenvalue weighted by atomic mass is 35.5. The summed E-state index contributed by atoms with van der Waals surface area (Å²) in [5, 5.41) is 11.5. The van der Waals surface area contributed by atoms with Crippen molar-refractivity contribution in [3.8, 4) is 0 Å². The van der Waals surface area contributed by atoms with Gasteiger partial charge in [0.15, 0.2) is 5.84 Å². The molecule has 0 amide bonds. The van der Waals surface area contributed by atoms with Gasteiger partial charge in [-0.3, -0.25) is 0 Å². The van der Waals surface area contributed by atoms with Crippen LogP contribution < -0.4 is 10.5 Å². The van der Waals surface area contributed by atoms with E-state index < -0.39 is 16.1 Å². The highest BCUT2D eigenvalue weighted by molar-refractivity contribution is 7.89. The molecule has 100 valence electrons. The SMILES string of the molecule is CC(NS(=O)(=O)c1ccc(Cl)c(Cl)c1)/C(N)=N/O. The summed E-state index contributed by atoms with van der Waals surface area (Å²) in [6.07, 6.45) is 0. The third-order valence-electron chi connectivity index (χ3n) is 2.09. The Labute approximate surface area is 114 Å². The summed E-state index contributed by atoms with van der Waals surface area (Å²) >= 11 is 11.4. The number of hydrogen-bond donors (Lipinski definition) is 3. The van der Waals surface area contributed by atoms with Crippen molar-refractivity contribution in [1.82, 2.24) is 4.72 Å². The number of nitrogens with two attached hydrogens (primary N) is 1. The molecule has 1 aromatic carbocycles. The van der Waals surface area contributed by atoms with E-state index in [4.69, 9.17) is 34.1 Å². The predicted octanol–water partition coefficient (Wildman–Crippen LogP) is 1.41. The summed E-state index contributed by atoms with van der Waals surface area (Å²) in [6, 6.07) is 3.03. The molecule has 4 N–H and O–H groups in total. The van der Waals surface area contributed by atoms with Crippen molar-refractivity contribution < 1.29 is 13.6 Å². The van der Waals surface area contributed by atoms with Gasteiger partial charge in [-0.05, 0) is 25.1 Å². The molecule has 0 radical (unpaired) electrons. The monoisotopic (exact) mass is 311 g/mol. The first-order valence-corrected chi connectivity index (χ1v) is 6.96. The molecule has 0 saturated carbocycles. The topological polar surface area (TPSA) is 105 Å². The standard InChI is InChI=1S/C9H11Cl2N3O3S/c1-5(9(12)13-15)14-18(16,17)6-2-3-7(10)8(11)4-6/h2-5,14-15H,1H3,(H2,12,13). The van der Waals surface area contributed by atoms with E-state index in [9.17, 15) is 8.42 Å². The van der Waals surface area contributed by atoms with Crippen molar-refractivity contribution in [2.75, 3.05) is 0 Å². The van der Waals surface area contributed by atoms with Crippen LogP contribution in [0.2, 0.25) is 10.0 Å². The molecule has 6 nitrogen and oxygen atoms in total. The highest BCUT2D eigenvalue weighted by Crippen LogP contribution is 2.24. The summed E-state index contributed by atoms with van der Waals surface area (Å²) in [6.45, 7) is 1.43. The molecule has 1 rings (SSSR count). The van der Waals surface area contributed by atoms with Crippen LogP contribution in [0.5, 0.6) is 0 Å². The van der Waals surface area contributed by atoms with Crippen LogP contribution in [0, 0.1) is 0 Å². The number of oxime groups is 1. The Kier molecular flexibility index (Phi) is 4.80. The van der Waals surface area contributed by atoms with Gasteiger partial charge < -0.3 is 10.9 Å². The van der Waals surface area contributed by atoms with Crippen LogP contribution >= 0.6 is 23.2 Å². The van der Waals surface area contributed by atoms with E-state index in [0.29, 0.717) is 0 Å². The Morgan fingerprint density at radius 1 is 1.44 bits per heavy atom. The third-order valence-corrected chi connectivity index (χ3v) is 4.37. The molecule has 0 bridgehead atoms. The molecule has 9 heteroatoms. The maximum Gasteiger partial charge on any atom is 0.241 e. The van der Waals surface area contributed by atoms with Gasteiger partial charge in [0.25, 0.3) is 0 Å². The van der Waals surface area contributed by atoms with Crippen molar-refractivity contribution >= 4 is 39.1 Å². The molecule has 0 aliphatic rings. The molecule has 0 saturated heterocycles. The fourth-order valence-electron chi connectivity index (χ4n) is 1.09. The van der Waals surface area contributed by atoms with Crippen molar-refractivity contribution in [2.45, 2.75) is 17.9 Å². The van der Waals surface area contributed by atoms with Crippen LogP contribution in [0.25, 0.3) is 0 Å². The lowest BCUT2D eigenvalue weighted by Crippen LogP contribution is -2.42. The molecule has 0 fully saturated rings. The smallest absolute Gasteiger partial charge is 0.241 e. The fourth-order valence-corrected chi connectivity index (χ4v) is 2.70. The number of rotatable bonds is 4. The van der Waals surface area contributed by atoms with E-state index in [1.165, 1.54) is 25.1 Å². The van der Waals surface area contributed by atoms with Crippen LogP contribution in [0.3, 0.4) is 0 Å². The number of nitrogens with zero attached hydrogens (tertiary/aromatic N) is 1. The van der Waals surface area contributed by atoms with E-state index >= 15 is 0 Å². The molecule has 0 aliphatic carbocycles. The van der Waals surface area contributed by atoms with Crippen molar-refractivity contribution in [2.24, 2.45) is 10.9 Å². The molecule has 1 aromatic rings. The maximum absolute atomic E-state index is 11.9. The summed E-state index contributed by atoms with van der Waals surface area (Å²) < 4.78 is 26.1. The molecule has 18 heavy (non-hydrogen) atoms. The lowest BCUT2D eigenvalue weighted by molar-refractivity contribution is 0.316. The number of benzene rings is 1. The summed E-state index contributed by atoms with van der Waals surface area (Å²) in [4.78, 5) is -0.0607. The second-order valence-corrected chi connectivity index (χ2v) is 5.97. The van der Waals surface area contributed by atoms with Crippen LogP contribution in [0.15, 0.2) is 28.3 Å². The van der Waals surface area contributed by atoms with Gasteiger partial charge in [-0.25, -0.2) is 13.1 Å². The van der Waals surface area contributed by atoms with Gasteiger partial charge >= 0.3 is 0 Å². The first-order valence-electron chi connectivity index (χ1n) is 4.72. The summed E-state index contributed by atoms with van der Waals surface area (Å²) in [7, 11) is -3.82. The van der Waals surface area contributed by atoms with Crippen LogP contribution in [-0.4, -0.2) is 25.5 Å². The Morgan fingerprint density at radius 2 is 2.06 bits per heavy atom. The Morgan fingerprint density at radius 3 is 2.56 bits per heavy atom. The molecule has 0 aromatic heterocycles. The highest BCUT2D eigenvalue weighted by Gasteiger charge is 2.20. The molecule has 1 atom stereocenters. The lowest BCUT2D eigenvalue weighted by atomic mass is 10.3. The van der Waals surface area contributed by atoms with E-state index in [2.05, 4.69) is 9.88 Å². The number of nitrogens with one attached hydrogen (secondary N) is 1. The van der Waals surface area contributed by atoms with Gasteiger partial charge in [0, 0.05) is 0 Å². The minimum atomic E-state index is -3.82. The first-order chi connectivity index (χ1) is 8.27. The van der Waals surface area contributed by atoms with Gasteiger partial charge in [-0.2, -0.15) is 0 Å². The minimum Gasteiger partial charge on any atom is -0.409 e. The minimum absolute atomic E-state index is 0.0607. The van der Waals surface area contributed by atoms with E-state index in [1.807, 2.05) is 0 Å². The zero-order chi connectivity index (χ0) is 13.9. The summed E-state index contributed by atoms with van der Waals surface area (Å²) in [5.74, 6) is -0.251. The van der Waals surface area contributed by atoms with Crippen LogP contribution in [0.4, 0.5) is 0 Å². The molecule has 1 unspecified atom stereocenters. The van der Waals surface area contributed by atoms with Crippen molar-refractivity contribution in [3.05, 3.63) is 28.2 Å². The first kappa shape index (κ1) is 15.0. The quantitative estimate of drug-likeness (QED) is 0.338. The number of amidine groups is 1.